The van der Waals surface area contributed by atoms with Crippen LogP contribution in [-0.2, 0) is 9.53 Å². The number of alkyl halides is 1. The number of ether oxygens (including phenoxy) is 1. The molecule has 0 saturated carbocycles. The van der Waals surface area contributed by atoms with E-state index in [1.807, 2.05) is 13.0 Å². The molecule has 0 aromatic carbocycles. The van der Waals surface area contributed by atoms with E-state index in [9.17, 15) is 4.79 Å². The van der Waals surface area contributed by atoms with Crippen molar-refractivity contribution in [1.82, 2.24) is 0 Å². The number of carbonyl (C=O) groups is 1. The lowest BCUT2D eigenvalue weighted by molar-refractivity contribution is -0.891. The normalized spacial score (nSPS) is 26.1. The van der Waals surface area contributed by atoms with Crippen LogP contribution in [-0.4, -0.2) is 49.1 Å². The quantitative estimate of drug-likeness (QED) is 0.434. The Hall–Kier alpha value is -0.350. The van der Waals surface area contributed by atoms with Gasteiger partial charge in [-0.2, -0.15) is 0 Å². The zero-order chi connectivity index (χ0) is 10.6. The standard InChI is InChI=1S/C10H17BrNO2/c1-3-14-10(13)9-4-6-12(2,8-9)7-5-11/h4H,3,5-8H2,1-2H3/q+1. The fourth-order valence-corrected chi connectivity index (χ4v) is 2.47. The molecule has 1 unspecified atom stereocenters. The Balaban J connectivity index is 2.50. The van der Waals surface area contributed by atoms with E-state index in [0.717, 1.165) is 35.0 Å². The van der Waals surface area contributed by atoms with E-state index in [1.165, 1.54) is 0 Å². The van der Waals surface area contributed by atoms with Gasteiger partial charge in [0.25, 0.3) is 0 Å². The summed E-state index contributed by atoms with van der Waals surface area (Å²) >= 11 is 3.43. The first-order valence-corrected chi connectivity index (χ1v) is 5.99. The number of quaternary nitrogens is 1. The molecule has 3 nitrogen and oxygen atoms in total. The Morgan fingerprint density at radius 2 is 2.43 bits per heavy atom. The van der Waals surface area contributed by atoms with E-state index in [1.54, 1.807) is 0 Å². The number of nitrogens with zero attached hydrogens (tertiary/aromatic N) is 1. The average molecular weight is 263 g/mol. The van der Waals surface area contributed by atoms with Crippen molar-refractivity contribution in [3.8, 4) is 0 Å². The zero-order valence-corrected chi connectivity index (χ0v) is 10.3. The monoisotopic (exact) mass is 262 g/mol. The molecule has 1 aliphatic heterocycles. The van der Waals surface area contributed by atoms with Gasteiger partial charge in [0.15, 0.2) is 0 Å². The second kappa shape index (κ2) is 4.94. The Labute approximate surface area is 93.4 Å². The van der Waals surface area contributed by atoms with E-state index in [2.05, 4.69) is 23.0 Å². The number of hydrogen-bond donors (Lipinski definition) is 0. The van der Waals surface area contributed by atoms with Gasteiger partial charge in [-0.3, -0.25) is 0 Å². The molecule has 0 fully saturated rings. The van der Waals surface area contributed by atoms with Gasteiger partial charge in [-0.05, 0) is 13.0 Å². The van der Waals surface area contributed by atoms with Crippen LogP contribution in [0.3, 0.4) is 0 Å². The van der Waals surface area contributed by atoms with Crippen LogP contribution in [0.2, 0.25) is 0 Å². The van der Waals surface area contributed by atoms with Gasteiger partial charge in [-0.1, -0.05) is 15.9 Å². The molecule has 0 N–H and O–H groups in total. The molecule has 0 aromatic rings. The number of carbonyl (C=O) groups excluding carboxylic acids is 1. The highest BCUT2D eigenvalue weighted by molar-refractivity contribution is 9.09. The molecule has 80 valence electrons. The van der Waals surface area contributed by atoms with Gasteiger partial charge in [0.2, 0.25) is 0 Å². The maximum Gasteiger partial charge on any atom is 0.339 e. The summed E-state index contributed by atoms with van der Waals surface area (Å²) in [5.74, 6) is -0.149. The smallest absolute Gasteiger partial charge is 0.339 e. The van der Waals surface area contributed by atoms with Crippen LogP contribution in [0.15, 0.2) is 11.6 Å². The summed E-state index contributed by atoms with van der Waals surface area (Å²) in [6.45, 7) is 5.06. The number of rotatable bonds is 4. The molecule has 0 aliphatic carbocycles. The maximum atomic E-state index is 11.4. The van der Waals surface area contributed by atoms with E-state index in [-0.39, 0.29) is 5.97 Å². The minimum Gasteiger partial charge on any atom is -0.462 e. The van der Waals surface area contributed by atoms with Crippen LogP contribution in [0.5, 0.6) is 0 Å². The molecule has 1 rings (SSSR count). The van der Waals surface area contributed by atoms with Gasteiger partial charge in [0, 0.05) is 0 Å². The average Bonchev–Trinajstić information content (AvgIpc) is 2.49. The predicted octanol–water partition coefficient (Wildman–Crippen LogP) is 1.33. The summed E-state index contributed by atoms with van der Waals surface area (Å²) in [5, 5.41) is 0.966. The van der Waals surface area contributed by atoms with Gasteiger partial charge in [-0.25, -0.2) is 4.79 Å². The van der Waals surface area contributed by atoms with Gasteiger partial charge < -0.3 is 9.22 Å². The molecular weight excluding hydrogens is 246 g/mol. The predicted molar refractivity (Wildman–Crippen MR) is 59.3 cm³/mol. The lowest BCUT2D eigenvalue weighted by Gasteiger charge is -2.28. The highest BCUT2D eigenvalue weighted by Gasteiger charge is 2.31. The Bertz CT molecular complexity index is 253. The summed E-state index contributed by atoms with van der Waals surface area (Å²) in [7, 11) is 2.16. The topological polar surface area (TPSA) is 26.3 Å². The number of hydrogen-bond acceptors (Lipinski definition) is 2. The van der Waals surface area contributed by atoms with Crippen LogP contribution >= 0.6 is 15.9 Å². The lowest BCUT2D eigenvalue weighted by Crippen LogP contribution is -2.43. The zero-order valence-electron chi connectivity index (χ0n) is 8.75. The number of likely N-dealkylation sites (N-methyl/N-ethyl adjacent to an activating group) is 1. The first kappa shape index (κ1) is 11.7. The molecule has 0 bridgehead atoms. The van der Waals surface area contributed by atoms with Crippen molar-refractivity contribution in [3.63, 3.8) is 0 Å². The Kier molecular flexibility index (Phi) is 4.13. The van der Waals surface area contributed by atoms with Crippen molar-refractivity contribution in [2.24, 2.45) is 0 Å². The highest BCUT2D eigenvalue weighted by Crippen LogP contribution is 2.17. The lowest BCUT2D eigenvalue weighted by atomic mass is 10.3. The van der Waals surface area contributed by atoms with Gasteiger partial charge in [0.05, 0.1) is 37.6 Å². The van der Waals surface area contributed by atoms with Gasteiger partial charge >= 0.3 is 5.97 Å². The Morgan fingerprint density at radius 3 is 3.00 bits per heavy atom. The molecular formula is C10H17BrNO2+. The molecule has 0 amide bonds. The largest absolute Gasteiger partial charge is 0.462 e. The molecule has 0 saturated heterocycles. The molecule has 0 aromatic heterocycles. The fourth-order valence-electron chi connectivity index (χ4n) is 1.62. The Morgan fingerprint density at radius 1 is 1.71 bits per heavy atom. The summed E-state index contributed by atoms with van der Waals surface area (Å²) < 4.78 is 5.87. The molecule has 0 spiro atoms. The fraction of sp³-hybridized carbons (Fsp3) is 0.700. The number of halogens is 1. The first-order valence-electron chi connectivity index (χ1n) is 4.87. The van der Waals surface area contributed by atoms with E-state index in [0.29, 0.717) is 6.61 Å². The van der Waals surface area contributed by atoms with Crippen LogP contribution in [0.1, 0.15) is 6.92 Å². The first-order chi connectivity index (χ1) is 6.61. The summed E-state index contributed by atoms with van der Waals surface area (Å²) in [6.07, 6.45) is 2.00. The maximum absolute atomic E-state index is 11.4. The minimum absolute atomic E-state index is 0.149. The van der Waals surface area contributed by atoms with Gasteiger partial charge in [0.1, 0.15) is 6.54 Å². The van der Waals surface area contributed by atoms with Crippen molar-refractivity contribution < 1.29 is 14.0 Å². The van der Waals surface area contributed by atoms with Crippen LogP contribution in [0.4, 0.5) is 0 Å². The summed E-state index contributed by atoms with van der Waals surface area (Å²) in [4.78, 5) is 11.4. The third-order valence-corrected chi connectivity index (χ3v) is 2.85. The van der Waals surface area contributed by atoms with Crippen LogP contribution < -0.4 is 0 Å². The van der Waals surface area contributed by atoms with E-state index < -0.39 is 0 Å². The second-order valence-corrected chi connectivity index (χ2v) is 4.62. The molecule has 0 radical (unpaired) electrons. The number of esters is 1. The van der Waals surface area contributed by atoms with Crippen molar-refractivity contribution in [2.75, 3.05) is 38.6 Å². The molecule has 1 aliphatic rings. The second-order valence-electron chi connectivity index (χ2n) is 3.82. The molecule has 1 atom stereocenters. The van der Waals surface area contributed by atoms with Gasteiger partial charge in [-0.15, -0.1) is 0 Å². The SMILES string of the molecule is CCOC(=O)C1=CC[N+](C)(CCBr)C1. The third kappa shape index (κ3) is 2.82. The van der Waals surface area contributed by atoms with Crippen LogP contribution in [0.25, 0.3) is 0 Å². The summed E-state index contributed by atoms with van der Waals surface area (Å²) in [6, 6.07) is 0. The minimum atomic E-state index is -0.149. The van der Waals surface area contributed by atoms with Crippen molar-refractivity contribution >= 4 is 21.9 Å². The van der Waals surface area contributed by atoms with Crippen LogP contribution in [0, 0.1) is 0 Å². The molecule has 1 heterocycles. The third-order valence-electron chi connectivity index (χ3n) is 2.49. The van der Waals surface area contributed by atoms with Crippen molar-refractivity contribution in [1.29, 1.82) is 0 Å². The van der Waals surface area contributed by atoms with Crippen molar-refractivity contribution in [3.05, 3.63) is 11.6 Å². The highest BCUT2D eigenvalue weighted by atomic mass is 79.9. The van der Waals surface area contributed by atoms with Crippen molar-refractivity contribution in [2.45, 2.75) is 6.92 Å². The van der Waals surface area contributed by atoms with E-state index >= 15 is 0 Å². The van der Waals surface area contributed by atoms with E-state index in [4.69, 9.17) is 4.74 Å². The summed E-state index contributed by atoms with van der Waals surface area (Å²) in [5.41, 5.74) is 0.829. The molecule has 4 heteroatoms. The molecule has 14 heavy (non-hydrogen) atoms.